The Hall–Kier alpha value is -3.97. The quantitative estimate of drug-likeness (QED) is 0.480. The first-order valence-electron chi connectivity index (χ1n) is 11.7. The van der Waals surface area contributed by atoms with Crippen LogP contribution >= 0.6 is 0 Å². The van der Waals surface area contributed by atoms with Gasteiger partial charge in [0.2, 0.25) is 12.6 Å². The molecule has 0 bridgehead atoms. The molecule has 7 heteroatoms. The molecule has 0 N–H and O–H groups in total. The largest absolute Gasteiger partial charge is 0.494 e. The minimum absolute atomic E-state index is 0.109. The van der Waals surface area contributed by atoms with E-state index in [1.165, 1.54) is 0 Å². The van der Waals surface area contributed by atoms with Gasteiger partial charge >= 0.3 is 0 Å². The van der Waals surface area contributed by atoms with E-state index in [0.717, 1.165) is 45.3 Å². The average molecular weight is 472 g/mol. The molecule has 3 aliphatic heterocycles. The fourth-order valence-corrected chi connectivity index (χ4v) is 4.65. The number of hydrogen-bond acceptors (Lipinski definition) is 7. The van der Waals surface area contributed by atoms with Crippen molar-refractivity contribution >= 4 is 11.9 Å². The Morgan fingerprint density at radius 1 is 1.00 bits per heavy atom. The highest BCUT2D eigenvalue weighted by molar-refractivity contribution is 6.15. The third kappa shape index (κ3) is 3.98. The van der Waals surface area contributed by atoms with E-state index >= 15 is 0 Å². The standard InChI is InChI=1S/C28H25NO6/c1-3-31-20-7-4-18(5-8-20)11-25-27(30)26-17(2)10-23-21(28(26)35-25)14-29(15-32-23)13-19-6-9-22-24(12-19)34-16-33-22/h4-12H,3,13-16H2,1-2H3/b25-11-. The Balaban J connectivity index is 1.26. The average Bonchev–Trinajstić information content (AvgIpc) is 3.45. The fraction of sp³-hybridized carbons (Fsp3) is 0.250. The Kier molecular flexibility index (Phi) is 5.34. The number of benzene rings is 3. The predicted octanol–water partition coefficient (Wildman–Crippen LogP) is 5.09. The molecule has 3 aliphatic rings. The van der Waals surface area contributed by atoms with Crippen LogP contribution in [0.4, 0.5) is 0 Å². The second kappa shape index (κ2) is 8.67. The van der Waals surface area contributed by atoms with Crippen molar-refractivity contribution in [3.63, 3.8) is 0 Å². The molecule has 0 aliphatic carbocycles. The molecule has 3 heterocycles. The van der Waals surface area contributed by atoms with Crippen molar-refractivity contribution in [2.24, 2.45) is 0 Å². The molecular formula is C28H25NO6. The summed E-state index contributed by atoms with van der Waals surface area (Å²) in [6, 6.07) is 15.5. The van der Waals surface area contributed by atoms with E-state index < -0.39 is 0 Å². The highest BCUT2D eigenvalue weighted by Crippen LogP contribution is 2.44. The molecule has 3 aromatic rings. The zero-order valence-corrected chi connectivity index (χ0v) is 19.6. The molecule has 7 nitrogen and oxygen atoms in total. The normalized spacial score (nSPS) is 17.1. The number of nitrogens with zero attached hydrogens (tertiary/aromatic N) is 1. The number of hydrogen-bond donors (Lipinski definition) is 0. The highest BCUT2D eigenvalue weighted by atomic mass is 16.7. The van der Waals surface area contributed by atoms with Gasteiger partial charge in [0.1, 0.15) is 24.0 Å². The maximum absolute atomic E-state index is 13.3. The lowest BCUT2D eigenvalue weighted by Gasteiger charge is -2.30. The molecule has 0 spiro atoms. The molecule has 0 saturated carbocycles. The van der Waals surface area contributed by atoms with Crippen LogP contribution in [0.3, 0.4) is 0 Å². The number of fused-ring (bicyclic) bond motifs is 4. The number of Topliss-reactive ketones (excluding diaryl/α,β-unsaturated/α-hetero) is 1. The van der Waals surface area contributed by atoms with Crippen molar-refractivity contribution in [2.45, 2.75) is 26.9 Å². The molecule has 35 heavy (non-hydrogen) atoms. The van der Waals surface area contributed by atoms with Crippen LogP contribution < -0.4 is 23.7 Å². The summed E-state index contributed by atoms with van der Waals surface area (Å²) in [5.74, 6) is 3.88. The third-order valence-electron chi connectivity index (χ3n) is 6.32. The molecule has 0 atom stereocenters. The molecule has 0 fully saturated rings. The molecule has 0 radical (unpaired) electrons. The van der Waals surface area contributed by atoms with Crippen LogP contribution in [-0.4, -0.2) is 30.8 Å². The molecular weight excluding hydrogens is 446 g/mol. The Bertz CT molecular complexity index is 1340. The van der Waals surface area contributed by atoms with Crippen LogP contribution in [0, 0.1) is 6.92 Å². The maximum Gasteiger partial charge on any atom is 0.232 e. The number of ether oxygens (including phenoxy) is 5. The summed E-state index contributed by atoms with van der Waals surface area (Å²) in [5.41, 5.74) is 4.31. The van der Waals surface area contributed by atoms with Gasteiger partial charge in [-0.05, 0) is 66.9 Å². The summed E-state index contributed by atoms with van der Waals surface area (Å²) < 4.78 is 28.7. The second-order valence-electron chi connectivity index (χ2n) is 8.76. The first-order valence-corrected chi connectivity index (χ1v) is 11.7. The van der Waals surface area contributed by atoms with E-state index in [9.17, 15) is 4.79 Å². The topological polar surface area (TPSA) is 66.5 Å². The van der Waals surface area contributed by atoms with E-state index in [0.29, 0.717) is 43.5 Å². The highest BCUT2D eigenvalue weighted by Gasteiger charge is 2.35. The molecule has 0 unspecified atom stereocenters. The molecule has 3 aromatic carbocycles. The Morgan fingerprint density at radius 2 is 1.83 bits per heavy atom. The van der Waals surface area contributed by atoms with Crippen molar-refractivity contribution in [1.29, 1.82) is 0 Å². The van der Waals surface area contributed by atoms with Crippen molar-refractivity contribution in [3.05, 3.63) is 82.1 Å². The fourth-order valence-electron chi connectivity index (χ4n) is 4.65. The number of aryl methyl sites for hydroxylation is 1. The van der Waals surface area contributed by atoms with Gasteiger partial charge < -0.3 is 23.7 Å². The van der Waals surface area contributed by atoms with Gasteiger partial charge in [0.25, 0.3) is 0 Å². The monoisotopic (exact) mass is 471 g/mol. The van der Waals surface area contributed by atoms with Crippen LogP contribution in [0.25, 0.3) is 6.08 Å². The van der Waals surface area contributed by atoms with Gasteiger partial charge in [-0.2, -0.15) is 0 Å². The van der Waals surface area contributed by atoms with Crippen LogP contribution in [0.1, 0.15) is 39.5 Å². The summed E-state index contributed by atoms with van der Waals surface area (Å²) in [6.07, 6.45) is 1.78. The summed E-state index contributed by atoms with van der Waals surface area (Å²) in [5, 5.41) is 0. The van der Waals surface area contributed by atoms with Crippen LogP contribution in [0.15, 0.2) is 54.3 Å². The molecule has 178 valence electrons. The second-order valence-corrected chi connectivity index (χ2v) is 8.76. The smallest absolute Gasteiger partial charge is 0.232 e. The third-order valence-corrected chi connectivity index (χ3v) is 6.32. The summed E-state index contributed by atoms with van der Waals surface area (Å²) in [7, 11) is 0. The van der Waals surface area contributed by atoms with E-state index in [1.807, 2.05) is 62.4 Å². The van der Waals surface area contributed by atoms with Crippen LogP contribution in [-0.2, 0) is 13.1 Å². The lowest BCUT2D eigenvalue weighted by Crippen LogP contribution is -2.31. The zero-order valence-electron chi connectivity index (χ0n) is 19.6. The van der Waals surface area contributed by atoms with Crippen molar-refractivity contribution in [2.75, 3.05) is 20.1 Å². The van der Waals surface area contributed by atoms with Gasteiger partial charge in [0.15, 0.2) is 17.3 Å². The molecule has 0 amide bonds. The molecule has 6 rings (SSSR count). The number of carbonyl (C=O) groups is 1. The zero-order chi connectivity index (χ0) is 23.9. The van der Waals surface area contributed by atoms with Crippen molar-refractivity contribution in [1.82, 2.24) is 4.90 Å². The lowest BCUT2D eigenvalue weighted by atomic mass is 9.98. The van der Waals surface area contributed by atoms with Gasteiger partial charge in [-0.3, -0.25) is 9.69 Å². The predicted molar refractivity (Wildman–Crippen MR) is 129 cm³/mol. The van der Waals surface area contributed by atoms with E-state index in [1.54, 1.807) is 6.08 Å². The lowest BCUT2D eigenvalue weighted by molar-refractivity contribution is 0.0871. The Labute approximate surface area is 203 Å². The van der Waals surface area contributed by atoms with Crippen LogP contribution in [0.2, 0.25) is 0 Å². The number of rotatable bonds is 5. The number of ketones is 1. The van der Waals surface area contributed by atoms with Gasteiger partial charge in [0.05, 0.1) is 17.7 Å². The van der Waals surface area contributed by atoms with E-state index in [2.05, 4.69) is 4.90 Å². The SMILES string of the molecule is CCOc1ccc(/C=C2\Oc3c4c(cc(C)c3C2=O)OCN(Cc2ccc3c(c2)OCO3)C4)cc1. The minimum atomic E-state index is -0.109. The first kappa shape index (κ1) is 21.6. The van der Waals surface area contributed by atoms with Crippen molar-refractivity contribution < 1.29 is 28.5 Å². The van der Waals surface area contributed by atoms with Gasteiger partial charge in [-0.1, -0.05) is 18.2 Å². The number of allylic oxidation sites excluding steroid dienone is 1. The van der Waals surface area contributed by atoms with Gasteiger partial charge in [-0.25, -0.2) is 0 Å². The number of carbonyl (C=O) groups excluding carboxylic acids is 1. The first-order chi connectivity index (χ1) is 17.1. The summed E-state index contributed by atoms with van der Waals surface area (Å²) >= 11 is 0. The van der Waals surface area contributed by atoms with Crippen LogP contribution in [0.5, 0.6) is 28.7 Å². The van der Waals surface area contributed by atoms with Crippen molar-refractivity contribution in [3.8, 4) is 28.7 Å². The molecule has 0 aromatic heterocycles. The van der Waals surface area contributed by atoms with E-state index in [-0.39, 0.29) is 12.6 Å². The minimum Gasteiger partial charge on any atom is -0.494 e. The Morgan fingerprint density at radius 3 is 2.66 bits per heavy atom. The summed E-state index contributed by atoms with van der Waals surface area (Å²) in [4.78, 5) is 15.4. The van der Waals surface area contributed by atoms with E-state index in [4.69, 9.17) is 23.7 Å². The maximum atomic E-state index is 13.3. The summed E-state index contributed by atoms with van der Waals surface area (Å²) in [6.45, 7) is 6.45. The van der Waals surface area contributed by atoms with Gasteiger partial charge in [0, 0.05) is 13.1 Å². The molecule has 0 saturated heterocycles. The van der Waals surface area contributed by atoms with Gasteiger partial charge in [-0.15, -0.1) is 0 Å².